The summed E-state index contributed by atoms with van der Waals surface area (Å²) in [4.78, 5) is 11.2. The van der Waals surface area contributed by atoms with Gasteiger partial charge < -0.3 is 4.74 Å². The largest absolute Gasteiger partial charge is 0.465 e. The van der Waals surface area contributed by atoms with E-state index in [1.54, 1.807) is 0 Å². The Labute approximate surface area is 99.4 Å². The van der Waals surface area contributed by atoms with Crippen molar-refractivity contribution in [1.82, 2.24) is 0 Å². The number of methoxy groups -OCH3 is 1. The average molecular weight is 264 g/mol. The molecule has 3 nitrogen and oxygen atoms in total. The van der Waals surface area contributed by atoms with Crippen molar-refractivity contribution < 1.29 is 22.7 Å². The Bertz CT molecular complexity index is 505. The number of hydrogen-bond donors (Lipinski definition) is 0. The number of hydrogen-bond acceptors (Lipinski definition) is 3. The highest BCUT2D eigenvalue weighted by Crippen LogP contribution is 2.35. The van der Waals surface area contributed by atoms with Gasteiger partial charge in [-0.05, 0) is 12.1 Å². The molecule has 0 aliphatic rings. The van der Waals surface area contributed by atoms with Gasteiger partial charge >= 0.3 is 12.1 Å². The van der Waals surface area contributed by atoms with E-state index < -0.39 is 28.8 Å². The minimum absolute atomic E-state index is 0.295. The molecular weight excluding hydrogens is 259 g/mol. The first kappa shape index (κ1) is 13.3. The van der Waals surface area contributed by atoms with E-state index in [2.05, 4.69) is 4.74 Å². The second kappa shape index (κ2) is 4.63. The van der Waals surface area contributed by atoms with Gasteiger partial charge in [0.25, 0.3) is 0 Å². The molecule has 0 spiro atoms. The summed E-state index contributed by atoms with van der Waals surface area (Å²) in [5.74, 6) is -1.05. The first-order valence-corrected chi connectivity index (χ1v) is 4.58. The number of alkyl halides is 3. The van der Waals surface area contributed by atoms with Gasteiger partial charge in [0.05, 0.1) is 23.8 Å². The molecule has 0 atom stereocenters. The second-order valence-electron chi connectivity index (χ2n) is 2.98. The zero-order valence-electron chi connectivity index (χ0n) is 8.43. The summed E-state index contributed by atoms with van der Waals surface area (Å²) < 4.78 is 42.1. The van der Waals surface area contributed by atoms with E-state index in [4.69, 9.17) is 16.9 Å². The molecule has 0 aliphatic carbocycles. The van der Waals surface area contributed by atoms with Crippen molar-refractivity contribution >= 4 is 17.6 Å². The normalized spacial score (nSPS) is 10.8. The molecule has 0 radical (unpaired) electrons. The van der Waals surface area contributed by atoms with Crippen LogP contribution in [0.25, 0.3) is 0 Å². The Morgan fingerprint density at radius 1 is 1.47 bits per heavy atom. The Morgan fingerprint density at radius 2 is 2.06 bits per heavy atom. The highest BCUT2D eigenvalue weighted by molar-refractivity contribution is 6.31. The zero-order valence-corrected chi connectivity index (χ0v) is 9.19. The van der Waals surface area contributed by atoms with E-state index in [1.807, 2.05) is 0 Å². The third-order valence-corrected chi connectivity index (χ3v) is 2.14. The van der Waals surface area contributed by atoms with Gasteiger partial charge in [-0.2, -0.15) is 18.4 Å². The number of ether oxygens (including phenoxy) is 1. The maximum absolute atomic E-state index is 12.6. The van der Waals surface area contributed by atoms with Gasteiger partial charge in [0.1, 0.15) is 6.07 Å². The van der Waals surface area contributed by atoms with Crippen LogP contribution in [0.1, 0.15) is 21.5 Å². The zero-order chi connectivity index (χ0) is 13.2. The molecule has 0 bridgehead atoms. The predicted molar refractivity (Wildman–Crippen MR) is 52.5 cm³/mol. The Kier molecular flexibility index (Phi) is 3.63. The van der Waals surface area contributed by atoms with Crippen molar-refractivity contribution in [3.05, 3.63) is 33.8 Å². The molecule has 0 aliphatic heterocycles. The molecule has 0 heterocycles. The van der Waals surface area contributed by atoms with Crippen LogP contribution in [-0.4, -0.2) is 13.1 Å². The van der Waals surface area contributed by atoms with E-state index >= 15 is 0 Å². The van der Waals surface area contributed by atoms with Gasteiger partial charge in [-0.1, -0.05) is 11.6 Å². The highest BCUT2D eigenvalue weighted by Gasteiger charge is 2.36. The van der Waals surface area contributed by atoms with E-state index in [0.29, 0.717) is 6.07 Å². The third-order valence-electron chi connectivity index (χ3n) is 1.93. The molecular formula is C10H5ClF3NO2. The summed E-state index contributed by atoms with van der Waals surface area (Å²) >= 11 is 5.47. The molecule has 1 aromatic carbocycles. The number of esters is 1. The molecule has 0 amide bonds. The molecule has 1 aromatic rings. The number of nitrogens with zero attached hydrogens (tertiary/aromatic N) is 1. The van der Waals surface area contributed by atoms with Crippen LogP contribution in [0.4, 0.5) is 13.2 Å². The number of halogens is 4. The summed E-state index contributed by atoms with van der Waals surface area (Å²) in [6.45, 7) is 0. The minimum Gasteiger partial charge on any atom is -0.465 e. The van der Waals surface area contributed by atoms with E-state index in [0.717, 1.165) is 13.2 Å². The molecule has 1 rings (SSSR count). The van der Waals surface area contributed by atoms with Crippen LogP contribution in [0.3, 0.4) is 0 Å². The number of rotatable bonds is 1. The summed E-state index contributed by atoms with van der Waals surface area (Å²) in [6, 6.07) is 2.88. The number of nitriles is 1. The minimum atomic E-state index is -4.77. The maximum atomic E-state index is 12.6. The van der Waals surface area contributed by atoms with Crippen LogP contribution in [0.15, 0.2) is 12.1 Å². The van der Waals surface area contributed by atoms with Crippen LogP contribution in [-0.2, 0) is 10.9 Å². The monoisotopic (exact) mass is 263 g/mol. The first-order chi connectivity index (χ1) is 7.81. The van der Waals surface area contributed by atoms with Crippen LogP contribution in [0.5, 0.6) is 0 Å². The summed E-state index contributed by atoms with van der Waals surface area (Å²) in [6.07, 6.45) is -4.77. The molecule has 0 N–H and O–H groups in total. The quantitative estimate of drug-likeness (QED) is 0.732. The lowest BCUT2D eigenvalue weighted by Crippen LogP contribution is -2.13. The first-order valence-electron chi connectivity index (χ1n) is 4.20. The van der Waals surface area contributed by atoms with E-state index in [1.165, 1.54) is 6.07 Å². The fourth-order valence-electron chi connectivity index (χ4n) is 1.22. The topological polar surface area (TPSA) is 50.1 Å². The predicted octanol–water partition coefficient (Wildman–Crippen LogP) is 3.02. The van der Waals surface area contributed by atoms with Crippen LogP contribution in [0, 0.1) is 11.3 Å². The summed E-state index contributed by atoms with van der Waals surface area (Å²) in [7, 11) is 0.998. The average Bonchev–Trinajstić information content (AvgIpc) is 2.25. The third kappa shape index (κ3) is 2.68. The van der Waals surface area contributed by atoms with Crippen LogP contribution >= 0.6 is 11.6 Å². The second-order valence-corrected chi connectivity index (χ2v) is 3.41. The van der Waals surface area contributed by atoms with Crippen molar-refractivity contribution in [1.29, 1.82) is 5.26 Å². The van der Waals surface area contributed by atoms with E-state index in [9.17, 15) is 18.0 Å². The standard InChI is InChI=1S/C10H5ClF3NO2/c1-17-9(16)6-2-5(11)3-8(7(6)4-15)10(12,13)14/h2-3H,1H3. The van der Waals surface area contributed by atoms with Crippen LogP contribution < -0.4 is 0 Å². The van der Waals surface area contributed by atoms with Gasteiger partial charge in [0.2, 0.25) is 0 Å². The molecule has 0 saturated carbocycles. The summed E-state index contributed by atoms with van der Waals surface area (Å²) in [5.41, 5.74) is -2.56. The molecule has 7 heteroatoms. The van der Waals surface area contributed by atoms with Gasteiger partial charge in [0.15, 0.2) is 0 Å². The fourth-order valence-corrected chi connectivity index (χ4v) is 1.44. The van der Waals surface area contributed by atoms with Crippen molar-refractivity contribution in [2.75, 3.05) is 7.11 Å². The number of benzene rings is 1. The molecule has 0 unspecified atom stereocenters. The number of carbonyl (C=O) groups excluding carboxylic acids is 1. The lowest BCUT2D eigenvalue weighted by molar-refractivity contribution is -0.137. The summed E-state index contributed by atoms with van der Waals surface area (Å²) in [5, 5.41) is 8.40. The molecule has 17 heavy (non-hydrogen) atoms. The Morgan fingerprint density at radius 3 is 2.47 bits per heavy atom. The highest BCUT2D eigenvalue weighted by atomic mass is 35.5. The van der Waals surface area contributed by atoms with Crippen molar-refractivity contribution in [2.24, 2.45) is 0 Å². The lowest BCUT2D eigenvalue weighted by atomic mass is 10.0. The lowest BCUT2D eigenvalue weighted by Gasteiger charge is -2.11. The molecule has 0 fully saturated rings. The smallest absolute Gasteiger partial charge is 0.417 e. The molecule has 0 saturated heterocycles. The molecule has 90 valence electrons. The van der Waals surface area contributed by atoms with Gasteiger partial charge in [-0.25, -0.2) is 4.79 Å². The fraction of sp³-hybridized carbons (Fsp3) is 0.200. The van der Waals surface area contributed by atoms with Crippen molar-refractivity contribution in [3.63, 3.8) is 0 Å². The van der Waals surface area contributed by atoms with Gasteiger partial charge in [-0.15, -0.1) is 0 Å². The van der Waals surface area contributed by atoms with E-state index in [-0.39, 0.29) is 5.02 Å². The van der Waals surface area contributed by atoms with Crippen LogP contribution in [0.2, 0.25) is 5.02 Å². The Hall–Kier alpha value is -1.74. The Balaban J connectivity index is 3.59. The molecule has 0 aromatic heterocycles. The van der Waals surface area contributed by atoms with Crippen molar-refractivity contribution in [3.8, 4) is 6.07 Å². The maximum Gasteiger partial charge on any atom is 0.417 e. The SMILES string of the molecule is COC(=O)c1cc(Cl)cc(C(F)(F)F)c1C#N. The van der Waals surface area contributed by atoms with Crippen molar-refractivity contribution in [2.45, 2.75) is 6.18 Å². The number of carbonyl (C=O) groups is 1. The van der Waals surface area contributed by atoms with Gasteiger partial charge in [-0.3, -0.25) is 0 Å². The van der Waals surface area contributed by atoms with Gasteiger partial charge in [0, 0.05) is 5.02 Å².